The molecule has 0 atom stereocenters. The molecule has 0 radical (unpaired) electrons. The molecule has 1 saturated heterocycles. The van der Waals surface area contributed by atoms with E-state index in [1.165, 1.54) is 6.42 Å². The number of likely N-dealkylation sites (tertiary alicyclic amines) is 1. The van der Waals surface area contributed by atoms with Gasteiger partial charge in [-0.25, -0.2) is 0 Å². The molecule has 2 amide bonds. The van der Waals surface area contributed by atoms with Gasteiger partial charge in [-0.1, -0.05) is 30.3 Å². The zero-order valence-electron chi connectivity index (χ0n) is 13.7. The van der Waals surface area contributed by atoms with Crippen molar-refractivity contribution in [1.82, 2.24) is 4.90 Å². The van der Waals surface area contributed by atoms with Crippen LogP contribution in [0.4, 0.5) is 5.69 Å². The van der Waals surface area contributed by atoms with Gasteiger partial charge >= 0.3 is 0 Å². The number of hydrogen-bond acceptors (Lipinski definition) is 2. The van der Waals surface area contributed by atoms with Gasteiger partial charge in [0, 0.05) is 24.3 Å². The van der Waals surface area contributed by atoms with Crippen LogP contribution in [0.25, 0.3) is 0 Å². The molecule has 0 aromatic heterocycles. The SMILES string of the molecule is O=C(Cc1ccccc1)Nc1ccc(C(=O)N2CCCCC2)cc1. The van der Waals surface area contributed by atoms with E-state index in [0.717, 1.165) is 31.5 Å². The van der Waals surface area contributed by atoms with E-state index in [1.807, 2.05) is 35.2 Å². The minimum atomic E-state index is -0.0590. The third-order valence-electron chi connectivity index (χ3n) is 4.27. The monoisotopic (exact) mass is 322 g/mol. The maximum absolute atomic E-state index is 12.4. The molecule has 2 aromatic carbocycles. The van der Waals surface area contributed by atoms with Crippen molar-refractivity contribution < 1.29 is 9.59 Å². The summed E-state index contributed by atoms with van der Waals surface area (Å²) in [6.45, 7) is 1.68. The van der Waals surface area contributed by atoms with Gasteiger partial charge in [0.05, 0.1) is 6.42 Å². The van der Waals surface area contributed by atoms with E-state index < -0.39 is 0 Å². The Bertz CT molecular complexity index is 689. The Balaban J connectivity index is 1.58. The number of piperidine rings is 1. The molecule has 0 aliphatic carbocycles. The van der Waals surface area contributed by atoms with Crippen LogP contribution in [0.1, 0.15) is 35.2 Å². The molecule has 1 aliphatic rings. The molecule has 4 heteroatoms. The molecule has 1 heterocycles. The Morgan fingerprint density at radius 3 is 2.21 bits per heavy atom. The lowest BCUT2D eigenvalue weighted by molar-refractivity contribution is -0.115. The highest BCUT2D eigenvalue weighted by Crippen LogP contribution is 2.15. The van der Waals surface area contributed by atoms with Crippen molar-refractivity contribution in [2.45, 2.75) is 25.7 Å². The van der Waals surface area contributed by atoms with Crippen molar-refractivity contribution in [3.05, 3.63) is 65.7 Å². The number of anilines is 1. The fourth-order valence-electron chi connectivity index (χ4n) is 2.96. The van der Waals surface area contributed by atoms with Gasteiger partial charge in [0.15, 0.2) is 0 Å². The second-order valence-corrected chi connectivity index (χ2v) is 6.14. The third kappa shape index (κ3) is 4.22. The van der Waals surface area contributed by atoms with E-state index in [0.29, 0.717) is 17.7 Å². The van der Waals surface area contributed by atoms with Crippen LogP contribution in [-0.4, -0.2) is 29.8 Å². The lowest BCUT2D eigenvalue weighted by atomic mass is 10.1. The van der Waals surface area contributed by atoms with Gasteiger partial charge < -0.3 is 10.2 Å². The number of nitrogens with one attached hydrogen (secondary N) is 1. The average Bonchev–Trinajstić information content (AvgIpc) is 2.63. The number of benzene rings is 2. The Morgan fingerprint density at radius 1 is 0.875 bits per heavy atom. The highest BCUT2D eigenvalue weighted by Gasteiger charge is 2.17. The van der Waals surface area contributed by atoms with Crippen molar-refractivity contribution in [1.29, 1.82) is 0 Å². The van der Waals surface area contributed by atoms with Crippen LogP contribution in [0.15, 0.2) is 54.6 Å². The summed E-state index contributed by atoms with van der Waals surface area (Å²) in [5.41, 5.74) is 2.37. The van der Waals surface area contributed by atoms with Crippen molar-refractivity contribution in [3.63, 3.8) is 0 Å². The van der Waals surface area contributed by atoms with Crippen LogP contribution in [0, 0.1) is 0 Å². The summed E-state index contributed by atoms with van der Waals surface area (Å²) in [6, 6.07) is 16.8. The largest absolute Gasteiger partial charge is 0.339 e. The molecule has 2 aromatic rings. The third-order valence-corrected chi connectivity index (χ3v) is 4.27. The van der Waals surface area contributed by atoms with E-state index in [2.05, 4.69) is 5.32 Å². The molecule has 24 heavy (non-hydrogen) atoms. The van der Waals surface area contributed by atoms with Crippen LogP contribution in [-0.2, 0) is 11.2 Å². The minimum absolute atomic E-state index is 0.0590. The van der Waals surface area contributed by atoms with Gasteiger partial charge in [0.25, 0.3) is 5.91 Å². The maximum Gasteiger partial charge on any atom is 0.253 e. The molecule has 3 rings (SSSR count). The zero-order chi connectivity index (χ0) is 16.8. The first kappa shape index (κ1) is 16.2. The van der Waals surface area contributed by atoms with Crippen molar-refractivity contribution in [2.24, 2.45) is 0 Å². The predicted octanol–water partition coefficient (Wildman–Crippen LogP) is 3.49. The predicted molar refractivity (Wildman–Crippen MR) is 95.0 cm³/mol. The first-order valence-electron chi connectivity index (χ1n) is 8.45. The van der Waals surface area contributed by atoms with Gasteiger partial charge in [0.2, 0.25) is 5.91 Å². The Kier molecular flexibility index (Phi) is 5.26. The highest BCUT2D eigenvalue weighted by atomic mass is 16.2. The standard InChI is InChI=1S/C20H22N2O2/c23-19(15-16-7-3-1-4-8-16)21-18-11-9-17(10-12-18)20(24)22-13-5-2-6-14-22/h1,3-4,7-12H,2,5-6,13-15H2,(H,21,23). The van der Waals surface area contributed by atoms with Crippen LogP contribution in [0.2, 0.25) is 0 Å². The van der Waals surface area contributed by atoms with Crippen molar-refractivity contribution >= 4 is 17.5 Å². The fourth-order valence-corrected chi connectivity index (χ4v) is 2.96. The smallest absolute Gasteiger partial charge is 0.253 e. The molecule has 4 nitrogen and oxygen atoms in total. The summed E-state index contributed by atoms with van der Waals surface area (Å²) in [6.07, 6.45) is 3.71. The molecule has 124 valence electrons. The number of nitrogens with zero attached hydrogens (tertiary/aromatic N) is 1. The molecule has 1 N–H and O–H groups in total. The molecular formula is C20H22N2O2. The lowest BCUT2D eigenvalue weighted by Crippen LogP contribution is -2.35. The summed E-state index contributed by atoms with van der Waals surface area (Å²) < 4.78 is 0. The van der Waals surface area contributed by atoms with Crippen LogP contribution in [0.5, 0.6) is 0 Å². The van der Waals surface area contributed by atoms with E-state index >= 15 is 0 Å². The number of hydrogen-bond donors (Lipinski definition) is 1. The summed E-state index contributed by atoms with van der Waals surface area (Å²) >= 11 is 0. The summed E-state index contributed by atoms with van der Waals surface area (Å²) in [5.74, 6) is 0.0215. The second kappa shape index (κ2) is 7.77. The normalized spacial score (nSPS) is 14.2. The lowest BCUT2D eigenvalue weighted by Gasteiger charge is -2.26. The highest BCUT2D eigenvalue weighted by molar-refractivity contribution is 5.96. The molecule has 1 aliphatic heterocycles. The van der Waals surface area contributed by atoms with Gasteiger partial charge in [-0.2, -0.15) is 0 Å². The first-order valence-corrected chi connectivity index (χ1v) is 8.45. The van der Waals surface area contributed by atoms with Crippen LogP contribution < -0.4 is 5.32 Å². The van der Waals surface area contributed by atoms with E-state index in [4.69, 9.17) is 0 Å². The quantitative estimate of drug-likeness (QED) is 0.936. The molecule has 0 saturated carbocycles. The molecule has 0 bridgehead atoms. The number of carbonyl (C=O) groups is 2. The zero-order valence-corrected chi connectivity index (χ0v) is 13.7. The summed E-state index contributed by atoms with van der Waals surface area (Å²) in [5, 5.41) is 2.87. The van der Waals surface area contributed by atoms with Gasteiger partial charge in [-0.15, -0.1) is 0 Å². The van der Waals surface area contributed by atoms with E-state index in [9.17, 15) is 9.59 Å². The van der Waals surface area contributed by atoms with Crippen LogP contribution in [0.3, 0.4) is 0 Å². The second-order valence-electron chi connectivity index (χ2n) is 6.14. The first-order chi connectivity index (χ1) is 11.7. The van der Waals surface area contributed by atoms with Crippen LogP contribution >= 0.6 is 0 Å². The summed E-state index contributed by atoms with van der Waals surface area (Å²) in [4.78, 5) is 26.4. The van der Waals surface area contributed by atoms with E-state index in [-0.39, 0.29) is 11.8 Å². The topological polar surface area (TPSA) is 49.4 Å². The summed E-state index contributed by atoms with van der Waals surface area (Å²) in [7, 11) is 0. The Labute approximate surface area is 142 Å². The average molecular weight is 322 g/mol. The van der Waals surface area contributed by atoms with Gasteiger partial charge in [-0.3, -0.25) is 9.59 Å². The molecular weight excluding hydrogens is 300 g/mol. The molecule has 0 spiro atoms. The van der Waals surface area contributed by atoms with E-state index in [1.54, 1.807) is 24.3 Å². The minimum Gasteiger partial charge on any atom is -0.339 e. The van der Waals surface area contributed by atoms with Crippen molar-refractivity contribution in [3.8, 4) is 0 Å². The Morgan fingerprint density at radius 2 is 1.54 bits per heavy atom. The number of amides is 2. The Hall–Kier alpha value is -2.62. The fraction of sp³-hybridized carbons (Fsp3) is 0.300. The van der Waals surface area contributed by atoms with Gasteiger partial charge in [-0.05, 0) is 49.1 Å². The van der Waals surface area contributed by atoms with Gasteiger partial charge in [0.1, 0.15) is 0 Å². The molecule has 0 unspecified atom stereocenters. The number of carbonyl (C=O) groups excluding carboxylic acids is 2. The maximum atomic E-state index is 12.4. The van der Waals surface area contributed by atoms with Crippen molar-refractivity contribution in [2.75, 3.05) is 18.4 Å². The number of rotatable bonds is 4. The molecule has 1 fully saturated rings.